The van der Waals surface area contributed by atoms with Crippen LogP contribution >= 0.6 is 24.0 Å². The molecule has 3 fully saturated rings. The number of thiocarbonyl (C=S) groups is 1. The van der Waals surface area contributed by atoms with Gasteiger partial charge in [0.05, 0.1) is 0 Å². The Hall–Kier alpha value is -0.540. The van der Waals surface area contributed by atoms with Crippen molar-refractivity contribution in [2.24, 2.45) is 11.8 Å². The second kappa shape index (κ2) is 6.27. The van der Waals surface area contributed by atoms with Gasteiger partial charge in [-0.3, -0.25) is 0 Å². The third-order valence-electron chi connectivity index (χ3n) is 4.39. The molecule has 2 saturated heterocycles. The first kappa shape index (κ1) is 13.4. The van der Waals surface area contributed by atoms with Crippen molar-refractivity contribution in [3.05, 3.63) is 35.9 Å². The normalized spacial score (nSPS) is 26.2. The lowest BCUT2D eigenvalue weighted by molar-refractivity contribution is 0.326. The van der Waals surface area contributed by atoms with Crippen molar-refractivity contribution in [1.29, 1.82) is 0 Å². The number of hydrogen-bond donors (Lipinski definition) is 0. The average molecular weight is 291 g/mol. The Morgan fingerprint density at radius 1 is 1.05 bits per heavy atom. The summed E-state index contributed by atoms with van der Waals surface area (Å²) in [5.41, 5.74) is 1.37. The summed E-state index contributed by atoms with van der Waals surface area (Å²) < 4.78 is 1.11. The molecular weight excluding hydrogens is 270 g/mol. The fourth-order valence-electron chi connectivity index (χ4n) is 3.25. The van der Waals surface area contributed by atoms with Crippen molar-refractivity contribution >= 4 is 28.3 Å². The predicted octanol–water partition coefficient (Wildman–Crippen LogP) is 4.33. The van der Waals surface area contributed by atoms with Crippen LogP contribution in [-0.4, -0.2) is 22.3 Å². The fourth-order valence-corrected chi connectivity index (χ4v) is 4.39. The van der Waals surface area contributed by atoms with Crippen molar-refractivity contribution in [3.8, 4) is 0 Å². The Morgan fingerprint density at radius 2 is 1.63 bits per heavy atom. The summed E-state index contributed by atoms with van der Waals surface area (Å²) in [6, 6.07) is 10.6. The highest BCUT2D eigenvalue weighted by Gasteiger charge is 2.30. The van der Waals surface area contributed by atoms with Gasteiger partial charge in [0.2, 0.25) is 0 Å². The number of rotatable bonds is 2. The zero-order valence-corrected chi connectivity index (χ0v) is 12.9. The molecule has 2 bridgehead atoms. The summed E-state index contributed by atoms with van der Waals surface area (Å²) in [6.07, 6.45) is 5.69. The number of nitrogens with zero attached hydrogens (tertiary/aromatic N) is 1. The molecule has 0 unspecified atom stereocenters. The van der Waals surface area contributed by atoms with E-state index < -0.39 is 0 Å². The first-order valence-electron chi connectivity index (χ1n) is 7.27. The molecule has 1 aliphatic carbocycles. The minimum atomic E-state index is 0.897. The van der Waals surface area contributed by atoms with Crippen molar-refractivity contribution in [2.75, 3.05) is 13.1 Å². The third kappa shape index (κ3) is 3.51. The van der Waals surface area contributed by atoms with E-state index in [0.29, 0.717) is 0 Å². The molecule has 1 aromatic carbocycles. The molecule has 0 aromatic heterocycles. The molecule has 0 atom stereocenters. The van der Waals surface area contributed by atoms with Crippen molar-refractivity contribution < 1.29 is 0 Å². The Morgan fingerprint density at radius 3 is 2.21 bits per heavy atom. The highest BCUT2D eigenvalue weighted by molar-refractivity contribution is 8.22. The van der Waals surface area contributed by atoms with Gasteiger partial charge in [-0.1, -0.05) is 54.3 Å². The van der Waals surface area contributed by atoms with E-state index in [-0.39, 0.29) is 0 Å². The molecule has 1 aromatic rings. The number of benzene rings is 1. The standard InChI is InChI=1S/C16H21NS2/c18-16(19-12-15-4-2-1-3-5-15)17-10-13-6-7-14(11-17)9-8-13/h1-5,13-14H,6-12H2. The van der Waals surface area contributed by atoms with Crippen LogP contribution < -0.4 is 0 Å². The van der Waals surface area contributed by atoms with Gasteiger partial charge in [0.1, 0.15) is 4.32 Å². The summed E-state index contributed by atoms with van der Waals surface area (Å²) in [6.45, 7) is 2.41. The number of hydrogen-bond acceptors (Lipinski definition) is 2. The molecule has 102 valence electrons. The van der Waals surface area contributed by atoms with Gasteiger partial charge in [-0.25, -0.2) is 0 Å². The van der Waals surface area contributed by atoms with E-state index in [4.69, 9.17) is 12.2 Å². The summed E-state index contributed by atoms with van der Waals surface area (Å²) in [5.74, 6) is 2.80. The molecule has 3 aliphatic rings. The minimum Gasteiger partial charge on any atom is -0.357 e. The van der Waals surface area contributed by atoms with Crippen molar-refractivity contribution in [1.82, 2.24) is 4.90 Å². The lowest BCUT2D eigenvalue weighted by Gasteiger charge is -2.24. The molecule has 4 rings (SSSR count). The van der Waals surface area contributed by atoms with Gasteiger partial charge < -0.3 is 4.90 Å². The van der Waals surface area contributed by atoms with Gasteiger partial charge in [0.25, 0.3) is 0 Å². The maximum Gasteiger partial charge on any atom is 0.136 e. The lowest BCUT2D eigenvalue weighted by atomic mass is 9.84. The van der Waals surface area contributed by atoms with Gasteiger partial charge in [0.15, 0.2) is 0 Å². The molecule has 0 N–H and O–H groups in total. The Labute approximate surface area is 125 Å². The Balaban J connectivity index is 1.55. The van der Waals surface area contributed by atoms with E-state index in [2.05, 4.69) is 35.2 Å². The van der Waals surface area contributed by atoms with E-state index >= 15 is 0 Å². The zero-order valence-electron chi connectivity index (χ0n) is 11.3. The van der Waals surface area contributed by atoms with Crippen LogP contribution in [0.4, 0.5) is 0 Å². The Bertz CT molecular complexity index is 410. The summed E-state index contributed by atoms with van der Waals surface area (Å²) in [7, 11) is 0. The molecule has 0 spiro atoms. The van der Waals surface area contributed by atoms with Gasteiger partial charge in [0, 0.05) is 18.8 Å². The summed E-state index contributed by atoms with van der Waals surface area (Å²) in [5, 5.41) is 0. The molecule has 3 heteroatoms. The van der Waals surface area contributed by atoms with Gasteiger partial charge in [-0.15, -0.1) is 0 Å². The first-order valence-corrected chi connectivity index (χ1v) is 8.66. The first-order chi connectivity index (χ1) is 9.31. The average Bonchev–Trinajstić information content (AvgIpc) is 2.79. The van der Waals surface area contributed by atoms with Crippen LogP contribution in [0.3, 0.4) is 0 Å². The molecule has 0 amide bonds. The highest BCUT2D eigenvalue weighted by Crippen LogP contribution is 2.35. The topological polar surface area (TPSA) is 3.24 Å². The third-order valence-corrected chi connectivity index (χ3v) is 5.98. The second-order valence-electron chi connectivity index (χ2n) is 5.83. The SMILES string of the molecule is S=C(SCc1ccccc1)N1CC2CCC(CC2)C1. The van der Waals surface area contributed by atoms with Crippen LogP contribution in [0.5, 0.6) is 0 Å². The monoisotopic (exact) mass is 291 g/mol. The molecule has 0 radical (unpaired) electrons. The van der Waals surface area contributed by atoms with E-state index in [1.54, 1.807) is 0 Å². The van der Waals surface area contributed by atoms with Crippen LogP contribution in [0, 0.1) is 11.8 Å². The van der Waals surface area contributed by atoms with E-state index in [1.165, 1.54) is 44.3 Å². The number of thioether (sulfide) groups is 1. The van der Waals surface area contributed by atoms with E-state index in [9.17, 15) is 0 Å². The predicted molar refractivity (Wildman–Crippen MR) is 87.4 cm³/mol. The second-order valence-corrected chi connectivity index (χ2v) is 7.44. The smallest absolute Gasteiger partial charge is 0.136 e. The van der Waals surface area contributed by atoms with Gasteiger partial charge >= 0.3 is 0 Å². The van der Waals surface area contributed by atoms with Crippen LogP contribution in [0.15, 0.2) is 30.3 Å². The Kier molecular flexibility index (Phi) is 4.44. The van der Waals surface area contributed by atoms with Crippen LogP contribution in [0.1, 0.15) is 31.2 Å². The fraction of sp³-hybridized carbons (Fsp3) is 0.562. The summed E-state index contributed by atoms with van der Waals surface area (Å²) in [4.78, 5) is 2.48. The molecule has 1 nitrogen and oxygen atoms in total. The quantitative estimate of drug-likeness (QED) is 0.747. The maximum atomic E-state index is 5.66. The zero-order chi connectivity index (χ0) is 13.1. The van der Waals surface area contributed by atoms with Crippen molar-refractivity contribution in [2.45, 2.75) is 31.4 Å². The number of fused-ring (bicyclic) bond motifs is 4. The van der Waals surface area contributed by atoms with Gasteiger partial charge in [-0.05, 0) is 43.1 Å². The van der Waals surface area contributed by atoms with Gasteiger partial charge in [-0.2, -0.15) is 0 Å². The largest absolute Gasteiger partial charge is 0.357 e. The van der Waals surface area contributed by atoms with E-state index in [1.807, 2.05) is 11.8 Å². The molecule has 2 heterocycles. The van der Waals surface area contributed by atoms with Crippen LogP contribution in [0.25, 0.3) is 0 Å². The van der Waals surface area contributed by atoms with Crippen molar-refractivity contribution in [3.63, 3.8) is 0 Å². The maximum absolute atomic E-state index is 5.66. The molecule has 19 heavy (non-hydrogen) atoms. The highest BCUT2D eigenvalue weighted by atomic mass is 32.2. The molecule has 2 aliphatic heterocycles. The van der Waals surface area contributed by atoms with Crippen LogP contribution in [0.2, 0.25) is 0 Å². The van der Waals surface area contributed by atoms with E-state index in [0.717, 1.165) is 21.9 Å². The summed E-state index contributed by atoms with van der Waals surface area (Å²) >= 11 is 7.49. The van der Waals surface area contributed by atoms with Crippen LogP contribution in [-0.2, 0) is 5.75 Å². The lowest BCUT2D eigenvalue weighted by Crippen LogP contribution is -2.31. The molecular formula is C16H21NS2. The minimum absolute atomic E-state index is 0.897. The molecule has 1 saturated carbocycles.